The van der Waals surface area contributed by atoms with Crippen LogP contribution in [-0.2, 0) is 14.8 Å². The molecule has 1 saturated heterocycles. The Labute approximate surface area is 179 Å². The molecule has 30 heavy (non-hydrogen) atoms. The third-order valence-electron chi connectivity index (χ3n) is 5.57. The Hall–Kier alpha value is -2.38. The van der Waals surface area contributed by atoms with Crippen LogP contribution in [0.2, 0.25) is 0 Å². The molecule has 1 aliphatic rings. The summed E-state index contributed by atoms with van der Waals surface area (Å²) in [6.45, 7) is 8.14. The largest absolute Gasteiger partial charge is 0.495 e. The van der Waals surface area contributed by atoms with Gasteiger partial charge in [-0.05, 0) is 69.4 Å². The van der Waals surface area contributed by atoms with E-state index in [2.05, 4.69) is 5.32 Å². The first-order valence-electron chi connectivity index (χ1n) is 10.2. The van der Waals surface area contributed by atoms with Crippen molar-refractivity contribution < 1.29 is 17.9 Å². The summed E-state index contributed by atoms with van der Waals surface area (Å²) in [6, 6.07) is 9.35. The number of hydrogen-bond acceptors (Lipinski definition) is 4. The maximum absolute atomic E-state index is 13.4. The van der Waals surface area contributed by atoms with Crippen LogP contribution in [0.25, 0.3) is 0 Å². The van der Waals surface area contributed by atoms with E-state index in [4.69, 9.17) is 4.74 Å². The van der Waals surface area contributed by atoms with Gasteiger partial charge in [-0.3, -0.25) is 4.79 Å². The molecule has 0 unspecified atom stereocenters. The van der Waals surface area contributed by atoms with Crippen LogP contribution >= 0.6 is 0 Å². The highest BCUT2D eigenvalue weighted by Gasteiger charge is 2.35. The van der Waals surface area contributed by atoms with Crippen LogP contribution in [0.15, 0.2) is 35.2 Å². The van der Waals surface area contributed by atoms with Crippen LogP contribution in [0, 0.1) is 33.6 Å². The summed E-state index contributed by atoms with van der Waals surface area (Å²) in [4.78, 5) is 13.3. The summed E-state index contributed by atoms with van der Waals surface area (Å²) >= 11 is 0. The predicted octanol–water partition coefficient (Wildman–Crippen LogP) is 3.97. The Morgan fingerprint density at radius 2 is 1.73 bits per heavy atom. The molecule has 0 aromatic heterocycles. The van der Waals surface area contributed by atoms with E-state index in [-0.39, 0.29) is 12.5 Å². The third-order valence-corrected chi connectivity index (χ3v) is 7.74. The smallest absolute Gasteiger partial charge is 0.243 e. The molecule has 1 fully saturated rings. The lowest BCUT2D eigenvalue weighted by atomic mass is 9.98. The van der Waals surface area contributed by atoms with Gasteiger partial charge in [-0.15, -0.1) is 0 Å². The molecule has 0 saturated carbocycles. The SMILES string of the molecule is COc1ccc(C)cc1NC(=O)[C@H]1CCCN(S(=O)(=O)c2c(C)cc(C)cc2C)C1. The number of methoxy groups -OCH3 is 1. The Balaban J connectivity index is 1.82. The lowest BCUT2D eigenvalue weighted by Crippen LogP contribution is -2.44. The molecule has 6 nitrogen and oxygen atoms in total. The number of anilines is 1. The molecule has 1 heterocycles. The number of ether oxygens (including phenoxy) is 1. The van der Waals surface area contributed by atoms with Gasteiger partial charge in [-0.1, -0.05) is 23.8 Å². The number of nitrogens with zero attached hydrogens (tertiary/aromatic N) is 1. The molecule has 2 aromatic rings. The number of hydrogen-bond donors (Lipinski definition) is 1. The van der Waals surface area contributed by atoms with Crippen LogP contribution < -0.4 is 10.1 Å². The number of carbonyl (C=O) groups is 1. The number of rotatable bonds is 5. The second kappa shape index (κ2) is 8.78. The summed E-state index contributed by atoms with van der Waals surface area (Å²) in [5.74, 6) is -0.0129. The van der Waals surface area contributed by atoms with E-state index < -0.39 is 15.9 Å². The van der Waals surface area contributed by atoms with E-state index in [9.17, 15) is 13.2 Å². The Morgan fingerprint density at radius 3 is 2.37 bits per heavy atom. The number of carbonyl (C=O) groups excluding carboxylic acids is 1. The van der Waals surface area contributed by atoms with Crippen LogP contribution in [0.4, 0.5) is 5.69 Å². The lowest BCUT2D eigenvalue weighted by Gasteiger charge is -2.32. The van der Waals surface area contributed by atoms with Crippen molar-refractivity contribution in [1.82, 2.24) is 4.31 Å². The molecule has 0 bridgehead atoms. The molecule has 2 aromatic carbocycles. The fraction of sp³-hybridized carbons (Fsp3) is 0.435. The molecule has 1 atom stereocenters. The van der Waals surface area contributed by atoms with E-state index in [0.717, 1.165) is 22.3 Å². The molecule has 0 aliphatic carbocycles. The molecule has 1 aliphatic heterocycles. The topological polar surface area (TPSA) is 75.7 Å². The van der Waals surface area contributed by atoms with Crippen LogP contribution in [0.1, 0.15) is 35.1 Å². The molecule has 1 N–H and O–H groups in total. The van der Waals surface area contributed by atoms with Gasteiger partial charge >= 0.3 is 0 Å². The normalized spacial score (nSPS) is 17.6. The molecule has 0 radical (unpaired) electrons. The summed E-state index contributed by atoms with van der Waals surface area (Å²) in [5, 5.41) is 2.93. The van der Waals surface area contributed by atoms with Gasteiger partial charge in [0.25, 0.3) is 0 Å². The molecular weight excluding hydrogens is 400 g/mol. The van der Waals surface area contributed by atoms with Gasteiger partial charge in [0.15, 0.2) is 0 Å². The first-order chi connectivity index (χ1) is 14.1. The molecule has 1 amide bonds. The first kappa shape index (κ1) is 22.3. The summed E-state index contributed by atoms with van der Waals surface area (Å²) < 4.78 is 33.6. The number of amides is 1. The molecule has 0 spiro atoms. The lowest BCUT2D eigenvalue weighted by molar-refractivity contribution is -0.120. The van der Waals surface area contributed by atoms with E-state index in [1.165, 1.54) is 4.31 Å². The zero-order chi connectivity index (χ0) is 22.1. The van der Waals surface area contributed by atoms with Gasteiger partial charge in [-0.25, -0.2) is 8.42 Å². The highest BCUT2D eigenvalue weighted by Crippen LogP contribution is 2.30. The number of nitrogens with one attached hydrogen (secondary N) is 1. The maximum atomic E-state index is 13.4. The van der Waals surface area contributed by atoms with Crippen LogP contribution in [0.3, 0.4) is 0 Å². The maximum Gasteiger partial charge on any atom is 0.243 e. The van der Waals surface area contributed by atoms with Crippen molar-refractivity contribution in [3.8, 4) is 5.75 Å². The van der Waals surface area contributed by atoms with Gasteiger partial charge < -0.3 is 10.1 Å². The van der Waals surface area contributed by atoms with Gasteiger partial charge in [0, 0.05) is 13.1 Å². The van der Waals surface area contributed by atoms with Gasteiger partial charge in [-0.2, -0.15) is 4.31 Å². The fourth-order valence-corrected chi connectivity index (χ4v) is 6.17. The van der Waals surface area contributed by atoms with Crippen molar-refractivity contribution in [2.45, 2.75) is 45.4 Å². The van der Waals surface area contributed by atoms with E-state index in [0.29, 0.717) is 35.7 Å². The van der Waals surface area contributed by atoms with Crippen molar-refractivity contribution in [3.05, 3.63) is 52.6 Å². The van der Waals surface area contributed by atoms with Crippen molar-refractivity contribution in [1.29, 1.82) is 0 Å². The van der Waals surface area contributed by atoms with Crippen LogP contribution in [-0.4, -0.2) is 38.8 Å². The minimum atomic E-state index is -3.67. The average Bonchev–Trinajstić information content (AvgIpc) is 2.67. The average molecular weight is 431 g/mol. The summed E-state index contributed by atoms with van der Waals surface area (Å²) in [5.41, 5.74) is 4.12. The molecule has 162 valence electrons. The zero-order valence-electron chi connectivity index (χ0n) is 18.3. The quantitative estimate of drug-likeness (QED) is 0.779. The standard InChI is InChI=1S/C23H30N2O4S/c1-15-8-9-21(29-5)20(13-15)24-23(26)19-7-6-10-25(14-19)30(27,28)22-17(3)11-16(2)12-18(22)4/h8-9,11-13,19H,6-7,10,14H2,1-5H3,(H,24,26)/t19-/m0/s1. The second-order valence-corrected chi connectivity index (χ2v) is 10.00. The highest BCUT2D eigenvalue weighted by atomic mass is 32.2. The first-order valence-corrected chi connectivity index (χ1v) is 11.6. The molecule has 7 heteroatoms. The van der Waals surface area contributed by atoms with Crippen molar-refractivity contribution in [2.24, 2.45) is 5.92 Å². The van der Waals surface area contributed by atoms with Crippen molar-refractivity contribution >= 4 is 21.6 Å². The molecule has 3 rings (SSSR count). The van der Waals surface area contributed by atoms with Gasteiger partial charge in [0.05, 0.1) is 23.6 Å². The number of benzene rings is 2. The van der Waals surface area contributed by atoms with E-state index >= 15 is 0 Å². The number of aryl methyl sites for hydroxylation is 4. The van der Waals surface area contributed by atoms with Crippen LogP contribution in [0.5, 0.6) is 5.75 Å². The van der Waals surface area contributed by atoms with Crippen molar-refractivity contribution in [3.63, 3.8) is 0 Å². The van der Waals surface area contributed by atoms with Crippen molar-refractivity contribution in [2.75, 3.05) is 25.5 Å². The molecular formula is C23H30N2O4S. The predicted molar refractivity (Wildman–Crippen MR) is 118 cm³/mol. The summed E-state index contributed by atoms with van der Waals surface area (Å²) in [6.07, 6.45) is 1.30. The second-order valence-electron chi connectivity index (χ2n) is 8.12. The Bertz CT molecular complexity index is 1040. The monoisotopic (exact) mass is 430 g/mol. The number of sulfonamides is 1. The van der Waals surface area contributed by atoms with Gasteiger partial charge in [0.2, 0.25) is 15.9 Å². The third kappa shape index (κ3) is 4.52. The van der Waals surface area contributed by atoms with E-state index in [1.54, 1.807) is 7.11 Å². The summed E-state index contributed by atoms with van der Waals surface area (Å²) in [7, 11) is -2.11. The van der Waals surface area contributed by atoms with Gasteiger partial charge in [0.1, 0.15) is 5.75 Å². The minimum Gasteiger partial charge on any atom is -0.495 e. The minimum absolute atomic E-state index is 0.176. The zero-order valence-corrected chi connectivity index (χ0v) is 19.1. The Kier molecular flexibility index (Phi) is 6.53. The Morgan fingerprint density at radius 1 is 1.07 bits per heavy atom. The fourth-order valence-electron chi connectivity index (χ4n) is 4.23. The van der Waals surface area contributed by atoms with E-state index in [1.807, 2.05) is 58.0 Å². The number of piperidine rings is 1. The highest BCUT2D eigenvalue weighted by molar-refractivity contribution is 7.89.